The first-order chi connectivity index (χ1) is 6.42. The molecular weight excluding hydrogens is 164 g/mol. The molecule has 3 nitrogen and oxygen atoms in total. The van der Waals surface area contributed by atoms with Crippen LogP contribution < -0.4 is 5.48 Å². The maximum atomic E-state index is 4.81. The van der Waals surface area contributed by atoms with E-state index in [0.29, 0.717) is 0 Å². The SMILES string of the molecule is CONCc1cccc2[nH]ccc12. The predicted molar refractivity (Wildman–Crippen MR) is 52.1 cm³/mol. The van der Waals surface area contributed by atoms with Gasteiger partial charge in [-0.15, -0.1) is 0 Å². The van der Waals surface area contributed by atoms with Gasteiger partial charge in [-0.25, -0.2) is 0 Å². The Morgan fingerprint density at radius 2 is 2.31 bits per heavy atom. The van der Waals surface area contributed by atoms with Crippen molar-refractivity contribution in [3.63, 3.8) is 0 Å². The highest BCUT2D eigenvalue weighted by molar-refractivity contribution is 5.82. The summed E-state index contributed by atoms with van der Waals surface area (Å²) in [6, 6.07) is 8.25. The second-order valence-electron chi connectivity index (χ2n) is 2.88. The summed E-state index contributed by atoms with van der Waals surface area (Å²) in [5.41, 5.74) is 5.23. The van der Waals surface area contributed by atoms with Crippen molar-refractivity contribution in [1.82, 2.24) is 10.5 Å². The third-order valence-corrected chi connectivity index (χ3v) is 2.09. The molecule has 0 unspecified atom stereocenters. The molecule has 2 aromatic rings. The van der Waals surface area contributed by atoms with Crippen LogP contribution in [0, 0.1) is 0 Å². The summed E-state index contributed by atoms with van der Waals surface area (Å²) < 4.78 is 0. The van der Waals surface area contributed by atoms with Gasteiger partial charge in [0.25, 0.3) is 0 Å². The van der Waals surface area contributed by atoms with Crippen molar-refractivity contribution in [2.45, 2.75) is 6.54 Å². The van der Waals surface area contributed by atoms with E-state index in [2.05, 4.69) is 28.7 Å². The van der Waals surface area contributed by atoms with Crippen molar-refractivity contribution < 1.29 is 4.84 Å². The van der Waals surface area contributed by atoms with Gasteiger partial charge in [0.2, 0.25) is 0 Å². The second-order valence-corrected chi connectivity index (χ2v) is 2.88. The molecule has 0 aliphatic rings. The quantitative estimate of drug-likeness (QED) is 0.700. The van der Waals surface area contributed by atoms with Gasteiger partial charge < -0.3 is 9.82 Å². The first-order valence-electron chi connectivity index (χ1n) is 4.22. The normalized spacial score (nSPS) is 10.8. The van der Waals surface area contributed by atoms with E-state index in [1.165, 1.54) is 10.9 Å². The average molecular weight is 176 g/mol. The van der Waals surface area contributed by atoms with E-state index in [-0.39, 0.29) is 0 Å². The van der Waals surface area contributed by atoms with Gasteiger partial charge in [0.15, 0.2) is 0 Å². The lowest BCUT2D eigenvalue weighted by Crippen LogP contribution is -2.10. The van der Waals surface area contributed by atoms with Crippen LogP contribution in [0.1, 0.15) is 5.56 Å². The highest BCUT2D eigenvalue weighted by atomic mass is 16.6. The van der Waals surface area contributed by atoms with E-state index in [0.717, 1.165) is 12.1 Å². The average Bonchev–Trinajstić information content (AvgIpc) is 2.62. The fourth-order valence-electron chi connectivity index (χ4n) is 1.45. The first-order valence-corrected chi connectivity index (χ1v) is 4.22. The van der Waals surface area contributed by atoms with Gasteiger partial charge in [0.1, 0.15) is 0 Å². The van der Waals surface area contributed by atoms with Gasteiger partial charge in [0, 0.05) is 23.6 Å². The van der Waals surface area contributed by atoms with Gasteiger partial charge in [0.05, 0.1) is 7.11 Å². The van der Waals surface area contributed by atoms with Gasteiger partial charge >= 0.3 is 0 Å². The Morgan fingerprint density at radius 3 is 3.15 bits per heavy atom. The first kappa shape index (κ1) is 8.29. The Hall–Kier alpha value is -1.32. The lowest BCUT2D eigenvalue weighted by atomic mass is 10.1. The van der Waals surface area contributed by atoms with Crippen LogP contribution in [0.4, 0.5) is 0 Å². The number of hydrogen-bond donors (Lipinski definition) is 2. The molecule has 1 aromatic carbocycles. The zero-order valence-electron chi connectivity index (χ0n) is 7.50. The lowest BCUT2D eigenvalue weighted by Gasteiger charge is -2.03. The summed E-state index contributed by atoms with van der Waals surface area (Å²) in [7, 11) is 1.62. The van der Waals surface area contributed by atoms with Crippen LogP contribution in [0.25, 0.3) is 10.9 Å². The molecule has 0 atom stereocenters. The van der Waals surface area contributed by atoms with Crippen molar-refractivity contribution in [2.24, 2.45) is 0 Å². The molecule has 0 saturated carbocycles. The van der Waals surface area contributed by atoms with Crippen LogP contribution in [-0.2, 0) is 11.4 Å². The molecular formula is C10H12N2O. The van der Waals surface area contributed by atoms with Crippen molar-refractivity contribution >= 4 is 10.9 Å². The minimum Gasteiger partial charge on any atom is -0.361 e. The number of aromatic nitrogens is 1. The monoisotopic (exact) mass is 176 g/mol. The summed E-state index contributed by atoms with van der Waals surface area (Å²) in [5.74, 6) is 0. The molecule has 1 aromatic heterocycles. The number of hydrogen-bond acceptors (Lipinski definition) is 2. The topological polar surface area (TPSA) is 37.0 Å². The molecule has 2 rings (SSSR count). The number of hydroxylamine groups is 1. The number of nitrogens with one attached hydrogen (secondary N) is 2. The molecule has 68 valence electrons. The van der Waals surface area contributed by atoms with Crippen molar-refractivity contribution in [3.8, 4) is 0 Å². The van der Waals surface area contributed by atoms with Crippen LogP contribution in [-0.4, -0.2) is 12.1 Å². The molecule has 0 radical (unpaired) electrons. The van der Waals surface area contributed by atoms with E-state index < -0.39 is 0 Å². The fourth-order valence-corrected chi connectivity index (χ4v) is 1.45. The Bertz CT molecular complexity index is 394. The zero-order chi connectivity index (χ0) is 9.10. The van der Waals surface area contributed by atoms with Gasteiger partial charge in [-0.2, -0.15) is 5.48 Å². The minimum absolute atomic E-state index is 0.728. The molecule has 1 heterocycles. The molecule has 0 aliphatic carbocycles. The smallest absolute Gasteiger partial charge is 0.0572 e. The molecule has 3 heteroatoms. The van der Waals surface area contributed by atoms with Crippen molar-refractivity contribution in [1.29, 1.82) is 0 Å². The number of rotatable bonds is 3. The zero-order valence-corrected chi connectivity index (χ0v) is 7.50. The van der Waals surface area contributed by atoms with Crippen LogP contribution in [0.5, 0.6) is 0 Å². The summed E-state index contributed by atoms with van der Waals surface area (Å²) in [6.45, 7) is 0.728. The molecule has 0 spiro atoms. The van der Waals surface area contributed by atoms with Crippen LogP contribution in [0.2, 0.25) is 0 Å². The summed E-state index contributed by atoms with van der Waals surface area (Å²) in [4.78, 5) is 7.98. The Balaban J connectivity index is 2.37. The predicted octanol–water partition coefficient (Wildman–Crippen LogP) is 1.82. The molecule has 0 fully saturated rings. The van der Waals surface area contributed by atoms with E-state index in [1.807, 2.05) is 12.3 Å². The Labute approximate surface area is 76.7 Å². The van der Waals surface area contributed by atoms with Crippen LogP contribution >= 0.6 is 0 Å². The largest absolute Gasteiger partial charge is 0.361 e. The van der Waals surface area contributed by atoms with Crippen molar-refractivity contribution in [2.75, 3.05) is 7.11 Å². The van der Waals surface area contributed by atoms with Gasteiger partial charge in [-0.05, 0) is 17.7 Å². The summed E-state index contributed by atoms with van der Waals surface area (Å²) in [6.07, 6.45) is 1.95. The van der Waals surface area contributed by atoms with Crippen LogP contribution in [0.3, 0.4) is 0 Å². The number of fused-ring (bicyclic) bond motifs is 1. The van der Waals surface area contributed by atoms with E-state index in [9.17, 15) is 0 Å². The molecule has 0 bridgehead atoms. The molecule has 0 saturated heterocycles. The second kappa shape index (κ2) is 3.60. The maximum absolute atomic E-state index is 4.81. The molecule has 13 heavy (non-hydrogen) atoms. The Kier molecular flexibility index (Phi) is 2.29. The number of aromatic amines is 1. The molecule has 2 N–H and O–H groups in total. The standard InChI is InChI=1S/C10H12N2O/c1-13-12-7-8-3-2-4-10-9(8)5-6-11-10/h2-6,11-12H,7H2,1H3. The fraction of sp³-hybridized carbons (Fsp3) is 0.200. The molecule has 0 amide bonds. The van der Waals surface area contributed by atoms with Crippen LogP contribution in [0.15, 0.2) is 30.5 Å². The Morgan fingerprint density at radius 1 is 1.38 bits per heavy atom. The minimum atomic E-state index is 0.728. The number of benzene rings is 1. The van der Waals surface area contributed by atoms with Crippen molar-refractivity contribution in [3.05, 3.63) is 36.0 Å². The highest BCUT2D eigenvalue weighted by Gasteiger charge is 1.99. The lowest BCUT2D eigenvalue weighted by molar-refractivity contribution is 0.0870. The van der Waals surface area contributed by atoms with Gasteiger partial charge in [-0.3, -0.25) is 0 Å². The van der Waals surface area contributed by atoms with E-state index in [1.54, 1.807) is 7.11 Å². The van der Waals surface area contributed by atoms with Gasteiger partial charge in [-0.1, -0.05) is 12.1 Å². The van der Waals surface area contributed by atoms with E-state index in [4.69, 9.17) is 4.84 Å². The third-order valence-electron chi connectivity index (χ3n) is 2.09. The van der Waals surface area contributed by atoms with E-state index >= 15 is 0 Å². The highest BCUT2D eigenvalue weighted by Crippen LogP contribution is 2.16. The summed E-state index contributed by atoms with van der Waals surface area (Å²) >= 11 is 0. The maximum Gasteiger partial charge on any atom is 0.0572 e. The number of H-pyrrole nitrogens is 1. The summed E-state index contributed by atoms with van der Waals surface area (Å²) in [5, 5.41) is 1.24. The molecule has 0 aliphatic heterocycles. The third kappa shape index (κ3) is 1.56.